The van der Waals surface area contributed by atoms with Crippen molar-refractivity contribution >= 4 is 22.8 Å². The average molecular weight is 443 g/mol. The lowest BCUT2D eigenvalue weighted by atomic mass is 9.99. The van der Waals surface area contributed by atoms with Gasteiger partial charge >= 0.3 is 6.03 Å². The van der Waals surface area contributed by atoms with Crippen LogP contribution in [0.5, 0.6) is 0 Å². The van der Waals surface area contributed by atoms with Crippen LogP contribution >= 0.6 is 0 Å². The SMILES string of the molecule is CC1NCC1N1CCN(c2cccc3c2ncn3C(=O)NCCC#Cc2ccccc2)CC1. The van der Waals surface area contributed by atoms with E-state index in [2.05, 4.69) is 50.2 Å². The zero-order valence-electron chi connectivity index (χ0n) is 19.0. The lowest BCUT2D eigenvalue weighted by Crippen LogP contribution is -2.66. The van der Waals surface area contributed by atoms with Crippen molar-refractivity contribution in [1.29, 1.82) is 0 Å². The summed E-state index contributed by atoms with van der Waals surface area (Å²) in [6.07, 6.45) is 2.22. The molecule has 7 heteroatoms. The number of hydrogen-bond acceptors (Lipinski definition) is 5. The summed E-state index contributed by atoms with van der Waals surface area (Å²) in [7, 11) is 0. The molecule has 0 spiro atoms. The minimum atomic E-state index is -0.174. The molecule has 170 valence electrons. The van der Waals surface area contributed by atoms with Crippen molar-refractivity contribution in [3.05, 3.63) is 60.4 Å². The van der Waals surface area contributed by atoms with Crippen LogP contribution in [0.4, 0.5) is 10.5 Å². The van der Waals surface area contributed by atoms with Gasteiger partial charge in [-0.15, -0.1) is 0 Å². The maximum absolute atomic E-state index is 12.8. The van der Waals surface area contributed by atoms with Crippen molar-refractivity contribution in [3.63, 3.8) is 0 Å². The van der Waals surface area contributed by atoms with Gasteiger partial charge < -0.3 is 15.5 Å². The summed E-state index contributed by atoms with van der Waals surface area (Å²) >= 11 is 0. The predicted molar refractivity (Wildman–Crippen MR) is 132 cm³/mol. The monoisotopic (exact) mass is 442 g/mol. The third kappa shape index (κ3) is 4.58. The molecular formula is C26H30N6O. The Morgan fingerprint density at radius 3 is 2.67 bits per heavy atom. The number of nitrogens with zero attached hydrogens (tertiary/aromatic N) is 4. The summed E-state index contributed by atoms with van der Waals surface area (Å²) in [6, 6.07) is 17.0. The molecule has 1 aromatic heterocycles. The Balaban J connectivity index is 1.20. The molecule has 2 fully saturated rings. The Hall–Kier alpha value is -3.34. The van der Waals surface area contributed by atoms with Gasteiger partial charge in [0.2, 0.25) is 0 Å². The quantitative estimate of drug-likeness (QED) is 0.480. The van der Waals surface area contributed by atoms with Crippen LogP contribution in [-0.4, -0.2) is 71.8 Å². The lowest BCUT2D eigenvalue weighted by Gasteiger charge is -2.47. The first kappa shape index (κ1) is 21.5. The topological polar surface area (TPSA) is 65.4 Å². The van der Waals surface area contributed by atoms with Crippen LogP contribution in [0.1, 0.15) is 18.9 Å². The molecule has 2 aliphatic heterocycles. The number of nitrogens with one attached hydrogen (secondary N) is 2. The van der Waals surface area contributed by atoms with Gasteiger partial charge in [0, 0.05) is 63.3 Å². The van der Waals surface area contributed by atoms with Crippen molar-refractivity contribution in [1.82, 2.24) is 25.1 Å². The van der Waals surface area contributed by atoms with Gasteiger partial charge in [-0.25, -0.2) is 9.78 Å². The average Bonchev–Trinajstić information content (AvgIpc) is 3.28. The van der Waals surface area contributed by atoms with Gasteiger partial charge in [0.15, 0.2) is 0 Å². The minimum Gasteiger partial charge on any atom is -0.367 e. The normalized spacial score (nSPS) is 20.7. The fourth-order valence-electron chi connectivity index (χ4n) is 4.64. The van der Waals surface area contributed by atoms with Gasteiger partial charge in [0.25, 0.3) is 0 Å². The van der Waals surface area contributed by atoms with E-state index in [1.807, 2.05) is 42.5 Å². The van der Waals surface area contributed by atoms with E-state index < -0.39 is 0 Å². The van der Waals surface area contributed by atoms with Crippen LogP contribution in [0.15, 0.2) is 54.9 Å². The van der Waals surface area contributed by atoms with Crippen molar-refractivity contribution < 1.29 is 4.79 Å². The van der Waals surface area contributed by atoms with Gasteiger partial charge in [-0.3, -0.25) is 9.47 Å². The molecule has 0 radical (unpaired) electrons. The highest BCUT2D eigenvalue weighted by atomic mass is 16.2. The van der Waals surface area contributed by atoms with Crippen LogP contribution in [0.3, 0.4) is 0 Å². The molecule has 2 N–H and O–H groups in total. The number of piperazine rings is 1. The summed E-state index contributed by atoms with van der Waals surface area (Å²) in [5.41, 5.74) is 3.80. The van der Waals surface area contributed by atoms with Gasteiger partial charge in [0.1, 0.15) is 11.8 Å². The van der Waals surface area contributed by atoms with Gasteiger partial charge in [0.05, 0.1) is 11.2 Å². The van der Waals surface area contributed by atoms with Crippen molar-refractivity contribution in [3.8, 4) is 11.8 Å². The second-order valence-electron chi connectivity index (χ2n) is 8.70. The number of hydrogen-bond donors (Lipinski definition) is 2. The first-order chi connectivity index (χ1) is 16.2. The number of carbonyl (C=O) groups excluding carboxylic acids is 1. The molecular weight excluding hydrogens is 412 g/mol. The van der Waals surface area contributed by atoms with E-state index in [9.17, 15) is 4.79 Å². The third-order valence-electron chi connectivity index (χ3n) is 6.66. The van der Waals surface area contributed by atoms with E-state index in [1.165, 1.54) is 0 Å². The Bertz CT molecular complexity index is 1170. The molecule has 33 heavy (non-hydrogen) atoms. The van der Waals surface area contributed by atoms with E-state index in [0.29, 0.717) is 25.0 Å². The number of amides is 1. The molecule has 5 rings (SSSR count). The molecule has 1 amide bonds. The summed E-state index contributed by atoms with van der Waals surface area (Å²) in [6.45, 7) is 7.90. The Labute approximate surface area is 194 Å². The molecule has 2 saturated heterocycles. The number of benzene rings is 2. The zero-order chi connectivity index (χ0) is 22.6. The Morgan fingerprint density at radius 1 is 1.12 bits per heavy atom. The molecule has 0 aliphatic carbocycles. The van der Waals surface area contributed by atoms with Crippen molar-refractivity contribution in [2.45, 2.75) is 25.4 Å². The molecule has 0 bridgehead atoms. The highest BCUT2D eigenvalue weighted by molar-refractivity contribution is 5.95. The fourth-order valence-corrected chi connectivity index (χ4v) is 4.64. The van der Waals surface area contributed by atoms with Crippen LogP contribution < -0.4 is 15.5 Å². The molecule has 2 atom stereocenters. The summed E-state index contributed by atoms with van der Waals surface area (Å²) in [4.78, 5) is 22.3. The van der Waals surface area contributed by atoms with Gasteiger partial charge in [-0.1, -0.05) is 36.1 Å². The van der Waals surface area contributed by atoms with E-state index >= 15 is 0 Å². The highest BCUT2D eigenvalue weighted by Crippen LogP contribution is 2.27. The summed E-state index contributed by atoms with van der Waals surface area (Å²) in [5, 5.41) is 6.40. The van der Waals surface area contributed by atoms with Crippen LogP contribution in [-0.2, 0) is 0 Å². The molecule has 2 aromatic carbocycles. The zero-order valence-corrected chi connectivity index (χ0v) is 19.0. The maximum Gasteiger partial charge on any atom is 0.327 e. The van der Waals surface area contributed by atoms with Crippen molar-refractivity contribution in [2.75, 3.05) is 44.2 Å². The van der Waals surface area contributed by atoms with Crippen LogP contribution in [0.2, 0.25) is 0 Å². The van der Waals surface area contributed by atoms with E-state index in [-0.39, 0.29) is 6.03 Å². The molecule has 3 aromatic rings. The predicted octanol–water partition coefficient (Wildman–Crippen LogP) is 2.52. The largest absolute Gasteiger partial charge is 0.367 e. The maximum atomic E-state index is 12.8. The third-order valence-corrected chi connectivity index (χ3v) is 6.66. The minimum absolute atomic E-state index is 0.174. The lowest BCUT2D eigenvalue weighted by molar-refractivity contribution is 0.0984. The van der Waals surface area contributed by atoms with Crippen LogP contribution in [0, 0.1) is 11.8 Å². The van der Waals surface area contributed by atoms with E-state index in [4.69, 9.17) is 0 Å². The fraction of sp³-hybridized carbons (Fsp3) is 0.385. The number of aromatic nitrogens is 2. The van der Waals surface area contributed by atoms with Crippen molar-refractivity contribution in [2.24, 2.45) is 0 Å². The molecule has 0 saturated carbocycles. The number of anilines is 1. The molecule has 2 unspecified atom stereocenters. The number of rotatable bonds is 4. The standard InChI is InChI=1S/C26H30N6O/c1-20-24(18-28-20)31-16-14-30(15-17-31)22-11-7-12-23-25(22)29-19-32(23)26(33)27-13-6-5-10-21-8-3-2-4-9-21/h2-4,7-9,11-12,19-20,24,28H,6,13-18H2,1H3,(H,27,33). The number of para-hydroxylation sites is 1. The molecule has 2 aliphatic rings. The summed E-state index contributed by atoms with van der Waals surface area (Å²) in [5.74, 6) is 6.22. The molecule has 3 heterocycles. The smallest absolute Gasteiger partial charge is 0.327 e. The molecule has 7 nitrogen and oxygen atoms in total. The van der Waals surface area contributed by atoms with E-state index in [0.717, 1.165) is 55.0 Å². The Morgan fingerprint density at radius 2 is 1.94 bits per heavy atom. The Kier molecular flexibility index (Phi) is 6.29. The summed E-state index contributed by atoms with van der Waals surface area (Å²) < 4.78 is 1.60. The second kappa shape index (κ2) is 9.65. The number of imidazole rings is 1. The number of fused-ring (bicyclic) bond motifs is 1. The highest BCUT2D eigenvalue weighted by Gasteiger charge is 2.33. The van der Waals surface area contributed by atoms with Crippen LogP contribution in [0.25, 0.3) is 11.0 Å². The first-order valence-electron chi connectivity index (χ1n) is 11.7. The van der Waals surface area contributed by atoms with E-state index in [1.54, 1.807) is 10.9 Å². The first-order valence-corrected chi connectivity index (χ1v) is 11.7. The van der Waals surface area contributed by atoms with Gasteiger partial charge in [-0.05, 0) is 31.2 Å². The van der Waals surface area contributed by atoms with Gasteiger partial charge in [-0.2, -0.15) is 0 Å². The number of carbonyl (C=O) groups is 1. The second-order valence-corrected chi connectivity index (χ2v) is 8.70.